The first-order valence-corrected chi connectivity index (χ1v) is 13.6. The Labute approximate surface area is 246 Å². The molecule has 0 aliphatic carbocycles. The molecule has 0 amide bonds. The third-order valence-electron chi connectivity index (χ3n) is 6.31. The van der Waals surface area contributed by atoms with Gasteiger partial charge in [0.05, 0.1) is 24.2 Å². The minimum atomic E-state index is -0.385. The highest BCUT2D eigenvalue weighted by Gasteiger charge is 2.18. The Morgan fingerprint density at radius 3 is 2.76 bits per heavy atom. The molecule has 2 aromatic heterocycles. The molecule has 0 saturated carbocycles. The van der Waals surface area contributed by atoms with Crippen LogP contribution in [0.4, 0.5) is 4.39 Å². The van der Waals surface area contributed by atoms with Gasteiger partial charge in [-0.25, -0.2) is 9.37 Å². The molecule has 2 heterocycles. The van der Waals surface area contributed by atoms with Crippen molar-refractivity contribution in [1.29, 1.82) is 0 Å². The van der Waals surface area contributed by atoms with Crippen molar-refractivity contribution in [2.24, 2.45) is 5.10 Å². The van der Waals surface area contributed by atoms with E-state index < -0.39 is 0 Å². The number of rotatable bonds is 7. The predicted molar refractivity (Wildman–Crippen MR) is 161 cm³/mol. The monoisotopic (exact) mass is 631 g/mol. The van der Waals surface area contributed by atoms with Crippen LogP contribution in [-0.2, 0) is 6.61 Å². The maximum atomic E-state index is 13.7. The second-order valence-electron chi connectivity index (χ2n) is 9.05. The number of aromatic nitrogens is 2. The van der Waals surface area contributed by atoms with E-state index in [1.165, 1.54) is 30.1 Å². The molecule has 6 rings (SSSR count). The van der Waals surface area contributed by atoms with Crippen LogP contribution >= 0.6 is 27.5 Å². The molecule has 0 bridgehead atoms. The second-order valence-corrected chi connectivity index (χ2v) is 10.4. The fraction of sp³-hybridized carbons (Fsp3) is 0.0645. The van der Waals surface area contributed by atoms with Crippen molar-refractivity contribution < 1.29 is 18.3 Å². The smallest absolute Gasteiger partial charge is 0.282 e. The Morgan fingerprint density at radius 2 is 1.93 bits per heavy atom. The highest BCUT2D eigenvalue weighted by atomic mass is 79.9. The standard InChI is InChI=1S/C31H20BrClFN3O4/c1-39-27-15-21(32)12-20(29(27)40-17-18-5-4-6-23(34)11-18)16-35-37-30(36-25-8-3-2-7-24(25)31(37)38)28-14-19-13-22(33)9-10-26(19)41-28/h2-16H,17H2,1H3. The number of ether oxygens (including phenoxy) is 2. The van der Waals surface area contributed by atoms with Gasteiger partial charge in [-0.3, -0.25) is 4.79 Å². The van der Waals surface area contributed by atoms with Crippen LogP contribution in [-0.4, -0.2) is 23.0 Å². The summed E-state index contributed by atoms with van der Waals surface area (Å²) in [4.78, 5) is 18.4. The normalized spacial score (nSPS) is 11.5. The molecule has 0 unspecified atom stereocenters. The number of furan rings is 1. The summed E-state index contributed by atoms with van der Waals surface area (Å²) < 4.78 is 33.3. The van der Waals surface area contributed by atoms with E-state index in [9.17, 15) is 9.18 Å². The van der Waals surface area contributed by atoms with E-state index >= 15 is 0 Å². The number of nitrogens with zero attached hydrogens (tertiary/aromatic N) is 3. The summed E-state index contributed by atoms with van der Waals surface area (Å²) in [6.07, 6.45) is 1.48. The molecular formula is C31H20BrClFN3O4. The van der Waals surface area contributed by atoms with E-state index in [0.717, 1.165) is 5.39 Å². The van der Waals surface area contributed by atoms with Crippen LogP contribution in [0.15, 0.2) is 104 Å². The van der Waals surface area contributed by atoms with Crippen LogP contribution in [0.1, 0.15) is 11.1 Å². The SMILES string of the molecule is COc1cc(Br)cc(C=Nn2c(-c3cc4cc(Cl)ccc4o3)nc3ccccc3c2=O)c1OCc1cccc(F)c1. The number of hydrogen-bond donors (Lipinski definition) is 0. The first-order valence-electron chi connectivity index (χ1n) is 12.4. The van der Waals surface area contributed by atoms with Gasteiger partial charge in [-0.1, -0.05) is 51.8 Å². The molecule has 41 heavy (non-hydrogen) atoms. The topological polar surface area (TPSA) is 78.9 Å². The van der Waals surface area contributed by atoms with E-state index in [1.807, 2.05) is 0 Å². The van der Waals surface area contributed by atoms with Crippen molar-refractivity contribution in [2.45, 2.75) is 6.61 Å². The zero-order valence-electron chi connectivity index (χ0n) is 21.5. The van der Waals surface area contributed by atoms with E-state index in [4.69, 9.17) is 30.5 Å². The molecule has 10 heteroatoms. The number of fused-ring (bicyclic) bond motifs is 2. The molecule has 0 radical (unpaired) electrons. The van der Waals surface area contributed by atoms with E-state index in [0.29, 0.717) is 54.4 Å². The molecule has 0 aliphatic rings. The van der Waals surface area contributed by atoms with Crippen LogP contribution in [0.5, 0.6) is 11.5 Å². The lowest BCUT2D eigenvalue weighted by atomic mass is 10.2. The molecule has 7 nitrogen and oxygen atoms in total. The van der Waals surface area contributed by atoms with Crippen LogP contribution in [0.25, 0.3) is 33.5 Å². The van der Waals surface area contributed by atoms with Gasteiger partial charge < -0.3 is 13.9 Å². The Kier molecular flexibility index (Phi) is 7.30. The quantitative estimate of drug-likeness (QED) is 0.168. The van der Waals surface area contributed by atoms with Crippen LogP contribution in [0.3, 0.4) is 0 Å². The van der Waals surface area contributed by atoms with Gasteiger partial charge in [0.15, 0.2) is 17.3 Å². The van der Waals surface area contributed by atoms with Gasteiger partial charge in [0.2, 0.25) is 5.82 Å². The Bertz CT molecular complexity index is 2020. The third kappa shape index (κ3) is 5.46. The number of halogens is 3. The van der Waals surface area contributed by atoms with E-state index in [2.05, 4.69) is 21.0 Å². The third-order valence-corrected chi connectivity index (χ3v) is 7.00. The number of benzene rings is 4. The van der Waals surface area contributed by atoms with Crippen molar-refractivity contribution in [1.82, 2.24) is 9.66 Å². The minimum Gasteiger partial charge on any atom is -0.493 e. The minimum absolute atomic E-state index is 0.0842. The molecular weight excluding hydrogens is 613 g/mol. The van der Waals surface area contributed by atoms with Gasteiger partial charge in [0, 0.05) is 20.4 Å². The van der Waals surface area contributed by atoms with Gasteiger partial charge >= 0.3 is 0 Å². The Hall–Kier alpha value is -4.47. The summed E-state index contributed by atoms with van der Waals surface area (Å²) in [6.45, 7) is 0.0842. The van der Waals surface area contributed by atoms with Crippen LogP contribution < -0.4 is 15.0 Å². The molecule has 6 aromatic rings. The summed E-state index contributed by atoms with van der Waals surface area (Å²) in [5.41, 5.74) is 1.85. The molecule has 0 aliphatic heterocycles. The van der Waals surface area contributed by atoms with Crippen LogP contribution in [0.2, 0.25) is 5.02 Å². The summed E-state index contributed by atoms with van der Waals surface area (Å²) >= 11 is 9.66. The molecule has 0 atom stereocenters. The molecule has 0 fully saturated rings. The zero-order chi connectivity index (χ0) is 28.5. The predicted octanol–water partition coefficient (Wildman–Crippen LogP) is 7.83. The largest absolute Gasteiger partial charge is 0.493 e. The lowest BCUT2D eigenvalue weighted by molar-refractivity contribution is 0.283. The molecule has 0 N–H and O–H groups in total. The highest BCUT2D eigenvalue weighted by Crippen LogP contribution is 2.35. The van der Waals surface area contributed by atoms with Crippen molar-refractivity contribution in [3.8, 4) is 23.1 Å². The molecule has 204 valence electrons. The Morgan fingerprint density at radius 1 is 1.07 bits per heavy atom. The maximum Gasteiger partial charge on any atom is 0.282 e. The van der Waals surface area contributed by atoms with Gasteiger partial charge in [0.25, 0.3) is 5.56 Å². The Balaban J connectivity index is 1.48. The number of methoxy groups -OCH3 is 1. The van der Waals surface area contributed by atoms with Gasteiger partial charge in [-0.2, -0.15) is 9.78 Å². The fourth-order valence-corrected chi connectivity index (χ4v) is 5.04. The summed E-state index contributed by atoms with van der Waals surface area (Å²) in [7, 11) is 1.52. The van der Waals surface area contributed by atoms with Crippen molar-refractivity contribution in [2.75, 3.05) is 7.11 Å². The van der Waals surface area contributed by atoms with Gasteiger partial charge in [-0.05, 0) is 66.2 Å². The molecule has 4 aromatic carbocycles. The summed E-state index contributed by atoms with van der Waals surface area (Å²) in [5.74, 6) is 0.985. The van der Waals surface area contributed by atoms with Crippen LogP contribution in [0, 0.1) is 5.82 Å². The average molecular weight is 633 g/mol. The summed E-state index contributed by atoms with van der Waals surface area (Å²) in [6, 6.07) is 23.7. The number of para-hydroxylation sites is 1. The molecule has 0 spiro atoms. The lowest BCUT2D eigenvalue weighted by Gasteiger charge is -2.14. The maximum absolute atomic E-state index is 13.7. The number of hydrogen-bond acceptors (Lipinski definition) is 6. The lowest BCUT2D eigenvalue weighted by Crippen LogP contribution is -2.20. The summed E-state index contributed by atoms with van der Waals surface area (Å²) in [5, 5.41) is 6.26. The fourth-order valence-electron chi connectivity index (χ4n) is 4.41. The van der Waals surface area contributed by atoms with Crippen molar-refractivity contribution in [3.05, 3.63) is 122 Å². The first kappa shape index (κ1) is 26.7. The second kappa shape index (κ2) is 11.2. The van der Waals surface area contributed by atoms with Gasteiger partial charge in [0.1, 0.15) is 18.0 Å². The molecule has 0 saturated heterocycles. The average Bonchev–Trinajstić information content (AvgIpc) is 3.39. The van der Waals surface area contributed by atoms with Crippen molar-refractivity contribution >= 4 is 55.6 Å². The van der Waals surface area contributed by atoms with E-state index in [1.54, 1.807) is 72.8 Å². The van der Waals surface area contributed by atoms with E-state index in [-0.39, 0.29) is 23.8 Å². The highest BCUT2D eigenvalue weighted by molar-refractivity contribution is 9.10. The van der Waals surface area contributed by atoms with Gasteiger partial charge in [-0.15, -0.1) is 0 Å². The first-order chi connectivity index (χ1) is 19.9. The zero-order valence-corrected chi connectivity index (χ0v) is 23.8. The van der Waals surface area contributed by atoms with Crippen molar-refractivity contribution in [3.63, 3.8) is 0 Å².